The quantitative estimate of drug-likeness (QED) is 0.529. The van der Waals surface area contributed by atoms with E-state index < -0.39 is 34.6 Å². The molecule has 4 amide bonds. The molecule has 6 bridgehead atoms. The molecule has 3 aromatic carbocycles. The van der Waals surface area contributed by atoms with Crippen molar-refractivity contribution >= 4 is 40.6 Å². The number of aliphatic imine (C=N–C) groups is 1. The first-order valence-corrected chi connectivity index (χ1v) is 12.4. The van der Waals surface area contributed by atoms with Crippen molar-refractivity contribution in [3.05, 3.63) is 83.9 Å². The topological polar surface area (TPSA) is 109 Å². The number of nitrogens with two attached hydrogens (primary N) is 1. The van der Waals surface area contributed by atoms with Gasteiger partial charge in [-0.05, 0) is 32.0 Å². The lowest BCUT2D eigenvalue weighted by molar-refractivity contribution is -0.166. The van der Waals surface area contributed by atoms with Gasteiger partial charge in [0.25, 0.3) is 6.17 Å². The fraction of sp³-hybridized carbons (Fsp3) is 0.214. The Bertz CT molecular complexity index is 1520. The van der Waals surface area contributed by atoms with Crippen LogP contribution in [0, 0.1) is 0 Å². The Labute approximate surface area is 219 Å². The van der Waals surface area contributed by atoms with Crippen molar-refractivity contribution in [2.75, 3.05) is 18.6 Å². The van der Waals surface area contributed by atoms with Gasteiger partial charge in [0, 0.05) is 11.6 Å². The number of hydrogen-bond acceptors (Lipinski definition) is 6. The van der Waals surface area contributed by atoms with Gasteiger partial charge in [0.05, 0.1) is 35.3 Å². The Morgan fingerprint density at radius 1 is 1.03 bits per heavy atom. The second-order valence-corrected chi connectivity index (χ2v) is 9.47. The van der Waals surface area contributed by atoms with Crippen LogP contribution in [-0.4, -0.2) is 59.5 Å². The first kappa shape index (κ1) is 23.8. The molecule has 38 heavy (non-hydrogen) atoms. The molecular weight excluding hydrogens is 484 g/mol. The van der Waals surface area contributed by atoms with Gasteiger partial charge in [0.2, 0.25) is 0 Å². The summed E-state index contributed by atoms with van der Waals surface area (Å²) >= 11 is 0. The van der Waals surface area contributed by atoms with E-state index in [1.165, 1.54) is 11.8 Å². The number of carbonyl (C=O) groups excluding carboxylic acids is 3. The summed E-state index contributed by atoms with van der Waals surface area (Å²) in [5, 5.41) is 2.30. The minimum Gasteiger partial charge on any atom is -0.492 e. The molecular formula is C28H27N6O4+. The van der Waals surface area contributed by atoms with E-state index in [9.17, 15) is 14.4 Å². The molecule has 1 fully saturated rings. The first-order chi connectivity index (χ1) is 18.3. The van der Waals surface area contributed by atoms with E-state index in [1.807, 2.05) is 55.5 Å². The van der Waals surface area contributed by atoms with Crippen molar-refractivity contribution < 1.29 is 19.1 Å². The van der Waals surface area contributed by atoms with Crippen LogP contribution in [-0.2, 0) is 9.59 Å². The van der Waals surface area contributed by atoms with Crippen molar-refractivity contribution in [1.29, 1.82) is 0 Å². The summed E-state index contributed by atoms with van der Waals surface area (Å²) in [5.74, 6) is -0.522. The number of nitrogens with zero attached hydrogens (tertiary/aromatic N) is 5. The van der Waals surface area contributed by atoms with E-state index in [1.54, 1.807) is 31.3 Å². The molecule has 1 saturated heterocycles. The van der Waals surface area contributed by atoms with Crippen LogP contribution in [0.1, 0.15) is 25.0 Å². The number of benzene rings is 3. The van der Waals surface area contributed by atoms with E-state index in [0.29, 0.717) is 40.7 Å². The summed E-state index contributed by atoms with van der Waals surface area (Å²) in [4.78, 5) is 48.6. The van der Waals surface area contributed by atoms with Gasteiger partial charge in [-0.2, -0.15) is 0 Å². The molecule has 0 aromatic heterocycles. The Kier molecular flexibility index (Phi) is 5.33. The number of anilines is 2. The zero-order chi connectivity index (χ0) is 26.8. The molecule has 10 heteroatoms. The van der Waals surface area contributed by atoms with Crippen molar-refractivity contribution in [3.63, 3.8) is 0 Å². The van der Waals surface area contributed by atoms with Crippen molar-refractivity contribution in [2.45, 2.75) is 26.1 Å². The highest BCUT2D eigenvalue weighted by Gasteiger charge is 2.67. The van der Waals surface area contributed by atoms with Crippen molar-refractivity contribution in [2.24, 2.45) is 10.7 Å². The number of hydrogen-bond donors (Lipinski definition) is 1. The van der Waals surface area contributed by atoms with Gasteiger partial charge in [-0.25, -0.2) is 14.6 Å². The van der Waals surface area contributed by atoms with Gasteiger partial charge >= 0.3 is 17.8 Å². The molecule has 0 spiro atoms. The molecule has 0 aliphatic carbocycles. The Morgan fingerprint density at radius 2 is 1.71 bits per heavy atom. The molecule has 1 unspecified atom stereocenters. The summed E-state index contributed by atoms with van der Waals surface area (Å²) in [5.41, 5.74) is 9.49. The highest BCUT2D eigenvalue weighted by molar-refractivity contribution is 6.26. The third kappa shape index (κ3) is 3.07. The van der Waals surface area contributed by atoms with E-state index in [0.717, 1.165) is 15.7 Å². The number of urea groups is 1. The fourth-order valence-corrected chi connectivity index (χ4v) is 5.40. The molecule has 7 rings (SSSR count). The van der Waals surface area contributed by atoms with E-state index in [2.05, 4.69) is 0 Å². The molecule has 4 aliphatic heterocycles. The third-order valence-corrected chi connectivity index (χ3v) is 7.11. The summed E-state index contributed by atoms with van der Waals surface area (Å²) < 4.78 is 5.31. The second-order valence-electron chi connectivity index (χ2n) is 9.47. The van der Waals surface area contributed by atoms with E-state index >= 15 is 0 Å². The minimum absolute atomic E-state index is 0.387. The summed E-state index contributed by atoms with van der Waals surface area (Å²) in [6.45, 7) is 3.78. The van der Waals surface area contributed by atoms with E-state index in [-0.39, 0.29) is 0 Å². The Hall–Kier alpha value is -4.54. The highest BCUT2D eigenvalue weighted by Crippen LogP contribution is 2.49. The van der Waals surface area contributed by atoms with E-state index in [4.69, 9.17) is 15.5 Å². The summed E-state index contributed by atoms with van der Waals surface area (Å²) in [7, 11) is 1.61. The largest absolute Gasteiger partial charge is 0.492 e. The smallest absolute Gasteiger partial charge is 0.391 e. The van der Waals surface area contributed by atoms with Gasteiger partial charge in [-0.1, -0.05) is 53.6 Å². The lowest BCUT2D eigenvalue weighted by Crippen LogP contribution is -2.67. The minimum atomic E-state index is -1.28. The summed E-state index contributed by atoms with van der Waals surface area (Å²) in [6.07, 6.45) is -1.28. The lowest BCUT2D eigenvalue weighted by Gasteiger charge is -2.42. The fourth-order valence-electron chi connectivity index (χ4n) is 5.40. The van der Waals surface area contributed by atoms with Crippen LogP contribution in [0.4, 0.5) is 21.9 Å². The van der Waals surface area contributed by atoms with Crippen LogP contribution in [0.15, 0.2) is 77.8 Å². The molecule has 10 nitrogen and oxygen atoms in total. The predicted octanol–water partition coefficient (Wildman–Crippen LogP) is 3.32. The van der Waals surface area contributed by atoms with Gasteiger partial charge in [0.15, 0.2) is 5.69 Å². The van der Waals surface area contributed by atoms with Gasteiger partial charge in [-0.15, -0.1) is 9.60 Å². The maximum atomic E-state index is 14.5. The van der Waals surface area contributed by atoms with Crippen molar-refractivity contribution in [3.8, 4) is 5.75 Å². The van der Waals surface area contributed by atoms with Crippen LogP contribution >= 0.6 is 0 Å². The van der Waals surface area contributed by atoms with Gasteiger partial charge < -0.3 is 10.5 Å². The van der Waals surface area contributed by atoms with Crippen molar-refractivity contribution in [1.82, 2.24) is 14.7 Å². The van der Waals surface area contributed by atoms with Crippen LogP contribution in [0.3, 0.4) is 0 Å². The lowest BCUT2D eigenvalue weighted by atomic mass is 9.96. The first-order valence-electron chi connectivity index (χ1n) is 12.4. The van der Waals surface area contributed by atoms with Crippen LogP contribution in [0.5, 0.6) is 5.75 Å². The van der Waals surface area contributed by atoms with Crippen LogP contribution in [0.2, 0.25) is 0 Å². The number of quaternary nitrogens is 1. The van der Waals surface area contributed by atoms with Crippen LogP contribution < -0.4 is 20.0 Å². The predicted molar refractivity (Wildman–Crippen MR) is 143 cm³/mol. The number of amides is 4. The number of likely N-dealkylation sites (N-methyl/N-ethyl adjacent to an activating group) is 1. The summed E-state index contributed by atoms with van der Waals surface area (Å²) in [6, 6.07) is 20.5. The van der Waals surface area contributed by atoms with Crippen LogP contribution in [0.25, 0.3) is 0 Å². The number of hydrazine groups is 1. The Balaban J connectivity index is 1.74. The number of para-hydroxylation sites is 2. The Morgan fingerprint density at radius 3 is 2.42 bits per heavy atom. The zero-order valence-corrected chi connectivity index (χ0v) is 21.2. The molecule has 3 aromatic rings. The average Bonchev–Trinajstić information content (AvgIpc) is 3.08. The number of ether oxygens (including phenoxy) is 1. The highest BCUT2D eigenvalue weighted by atomic mass is 16.5. The second kappa shape index (κ2) is 8.51. The maximum Gasteiger partial charge on any atom is 0.391 e. The monoisotopic (exact) mass is 511 g/mol. The van der Waals surface area contributed by atoms with Gasteiger partial charge in [0.1, 0.15) is 12.8 Å². The average molecular weight is 512 g/mol. The molecule has 2 N–H and O–H groups in total. The third-order valence-electron chi connectivity index (χ3n) is 7.11. The van der Waals surface area contributed by atoms with Gasteiger partial charge in [-0.3, -0.25) is 9.69 Å². The molecule has 0 saturated carbocycles. The molecule has 192 valence electrons. The normalized spacial score (nSPS) is 22.3. The SMILES string of the molecule is CCOc1ccccc1N1C(=O)N2C3N=C(c4ccccc4)c4c1cccc4[N@+](C)(C3=O)N2C(=O)[C@H](C)N. The molecule has 3 atom stereocenters. The maximum absolute atomic E-state index is 14.5. The number of rotatable bonds is 5. The molecule has 4 aliphatic rings. The molecule has 4 heterocycles. The number of fused-ring (bicyclic) bond motifs is 1. The standard InChI is InChI=1S/C28H27N6O4/c1-4-38-22-16-9-8-13-19(22)31-20-14-10-15-21-23(20)24(18-11-6-5-7-12-18)30-25-27(36)34(21,3)33(26(35)17(2)29)32(25)28(31)37/h5-17,25H,4,29H2,1-3H3/q+1/t17-,25?,34+/m0/s1. The number of carbonyl (C=O) groups is 3. The molecule has 0 radical (unpaired) electrons. The zero-order valence-electron chi connectivity index (χ0n) is 21.2.